The number of rotatable bonds is 6. The summed E-state index contributed by atoms with van der Waals surface area (Å²) in [4.78, 5) is 4.36. The predicted molar refractivity (Wildman–Crippen MR) is 138 cm³/mol. The van der Waals surface area contributed by atoms with Crippen molar-refractivity contribution in [3.63, 3.8) is 0 Å². The average Bonchev–Trinajstić information content (AvgIpc) is 2.88. The molecule has 0 saturated carbocycles. The molecular weight excluding hydrogens is 442 g/mol. The van der Waals surface area contributed by atoms with Gasteiger partial charge in [-0.1, -0.05) is 60.7 Å². The lowest BCUT2D eigenvalue weighted by Crippen LogP contribution is -2.05. The third kappa shape index (κ3) is 4.55. The van der Waals surface area contributed by atoms with E-state index in [0.717, 1.165) is 21.5 Å². The second-order valence-corrected chi connectivity index (χ2v) is 7.75. The first-order valence-corrected chi connectivity index (χ1v) is 10.8. The van der Waals surface area contributed by atoms with Crippen LogP contribution in [0, 0.1) is 6.92 Å². The number of hydrazone groups is 2. The largest absolute Gasteiger partial charge is 0.507 e. The van der Waals surface area contributed by atoms with E-state index in [4.69, 9.17) is 0 Å². The number of aryl methyl sites for hydroxylation is 1. The summed E-state index contributed by atoms with van der Waals surface area (Å²) in [5.41, 5.74) is 7.28. The van der Waals surface area contributed by atoms with Crippen LogP contribution in [-0.2, 0) is 0 Å². The number of benzene rings is 4. The van der Waals surface area contributed by atoms with E-state index >= 15 is 0 Å². The van der Waals surface area contributed by atoms with Gasteiger partial charge in [0, 0.05) is 11.1 Å². The highest BCUT2D eigenvalue weighted by Crippen LogP contribution is 2.26. The first kappa shape index (κ1) is 21.8. The number of phenolic OH excluding ortho intramolecular Hbond substituents is 2. The number of fused-ring (bicyclic) bond motifs is 2. The van der Waals surface area contributed by atoms with Crippen LogP contribution >= 0.6 is 0 Å². The van der Waals surface area contributed by atoms with Gasteiger partial charge in [-0.3, -0.25) is 5.43 Å². The molecule has 9 nitrogen and oxygen atoms in total. The second kappa shape index (κ2) is 9.44. The molecule has 9 heteroatoms. The Morgan fingerprint density at radius 3 is 1.83 bits per heavy atom. The van der Waals surface area contributed by atoms with Gasteiger partial charge >= 0.3 is 0 Å². The number of nitrogens with one attached hydrogen (secondary N) is 2. The van der Waals surface area contributed by atoms with Gasteiger partial charge in [0.1, 0.15) is 17.2 Å². The molecule has 172 valence electrons. The zero-order valence-electron chi connectivity index (χ0n) is 18.7. The molecule has 0 saturated heterocycles. The van der Waals surface area contributed by atoms with Crippen molar-refractivity contribution in [2.24, 2.45) is 10.2 Å². The van der Waals surface area contributed by atoms with E-state index in [1.165, 1.54) is 12.4 Å². The van der Waals surface area contributed by atoms with Gasteiger partial charge in [0.05, 0.1) is 12.4 Å². The Kier molecular flexibility index (Phi) is 5.87. The van der Waals surface area contributed by atoms with E-state index in [1.807, 2.05) is 60.7 Å². The Bertz CT molecular complexity index is 1600. The van der Waals surface area contributed by atoms with Crippen LogP contribution in [0.5, 0.6) is 11.5 Å². The molecular formula is C26H21N7O2. The molecule has 5 aromatic rings. The number of nitrogens with zero attached hydrogens (tertiary/aromatic N) is 5. The van der Waals surface area contributed by atoms with E-state index in [0.29, 0.717) is 22.6 Å². The molecule has 35 heavy (non-hydrogen) atoms. The van der Waals surface area contributed by atoms with Gasteiger partial charge in [0.25, 0.3) is 5.95 Å². The molecule has 0 atom stereocenters. The summed E-state index contributed by atoms with van der Waals surface area (Å²) < 4.78 is 0. The van der Waals surface area contributed by atoms with Crippen LogP contribution in [0.25, 0.3) is 21.5 Å². The third-order valence-electron chi connectivity index (χ3n) is 5.47. The van der Waals surface area contributed by atoms with Gasteiger partial charge in [0.2, 0.25) is 0 Å². The standard InChI is InChI=1S/C26H21N7O2/c1-16-25(31-27-14-21-19-8-4-2-6-17(19)10-12-23(21)34)29-26(33-30-16)32-28-15-22-20-9-5-3-7-18(20)11-13-24(22)35/h2-15,34-35H,1H3,(H2,29,31,32,33)/b27-14+,28-15+. The van der Waals surface area contributed by atoms with Gasteiger partial charge in [-0.2, -0.15) is 15.2 Å². The monoisotopic (exact) mass is 463 g/mol. The van der Waals surface area contributed by atoms with Crippen LogP contribution in [0.15, 0.2) is 83.0 Å². The predicted octanol–water partition coefficient (Wildman–Crippen LogP) is 4.79. The fourth-order valence-corrected chi connectivity index (χ4v) is 3.68. The van der Waals surface area contributed by atoms with Gasteiger partial charge in [0.15, 0.2) is 5.82 Å². The lowest BCUT2D eigenvalue weighted by Gasteiger charge is -2.07. The van der Waals surface area contributed by atoms with Crippen LogP contribution in [0.3, 0.4) is 0 Å². The van der Waals surface area contributed by atoms with Crippen molar-refractivity contribution in [1.29, 1.82) is 0 Å². The van der Waals surface area contributed by atoms with E-state index in [1.54, 1.807) is 19.1 Å². The molecule has 4 aromatic carbocycles. The molecule has 4 N–H and O–H groups in total. The van der Waals surface area contributed by atoms with Crippen molar-refractivity contribution in [2.75, 3.05) is 10.9 Å². The average molecular weight is 464 g/mol. The summed E-state index contributed by atoms with van der Waals surface area (Å²) in [6.07, 6.45) is 3.04. The molecule has 0 fully saturated rings. The number of anilines is 2. The smallest absolute Gasteiger partial charge is 0.265 e. The fourth-order valence-electron chi connectivity index (χ4n) is 3.68. The van der Waals surface area contributed by atoms with E-state index in [9.17, 15) is 10.2 Å². The highest BCUT2D eigenvalue weighted by Gasteiger charge is 2.07. The van der Waals surface area contributed by atoms with Crippen LogP contribution in [0.4, 0.5) is 11.8 Å². The Morgan fingerprint density at radius 2 is 1.23 bits per heavy atom. The molecule has 5 rings (SSSR count). The lowest BCUT2D eigenvalue weighted by atomic mass is 10.0. The van der Waals surface area contributed by atoms with Crippen LogP contribution in [0.2, 0.25) is 0 Å². The molecule has 0 radical (unpaired) electrons. The van der Waals surface area contributed by atoms with Gasteiger partial charge < -0.3 is 10.2 Å². The minimum absolute atomic E-state index is 0.116. The first-order chi connectivity index (χ1) is 17.1. The molecule has 0 aliphatic rings. The maximum absolute atomic E-state index is 10.3. The number of hydrogen-bond acceptors (Lipinski definition) is 9. The summed E-state index contributed by atoms with van der Waals surface area (Å²) in [5.74, 6) is 0.768. The lowest BCUT2D eigenvalue weighted by molar-refractivity contribution is 0.475. The summed E-state index contributed by atoms with van der Waals surface area (Å²) >= 11 is 0. The Balaban J connectivity index is 1.34. The Labute approximate surface area is 200 Å². The van der Waals surface area contributed by atoms with Gasteiger partial charge in [-0.05, 0) is 40.6 Å². The van der Waals surface area contributed by atoms with Crippen LogP contribution in [0.1, 0.15) is 16.8 Å². The minimum atomic E-state index is 0.116. The molecule has 0 bridgehead atoms. The summed E-state index contributed by atoms with van der Waals surface area (Å²) in [7, 11) is 0. The molecule has 0 aliphatic heterocycles. The Hall–Kier alpha value is -5.05. The molecule has 1 heterocycles. The highest BCUT2D eigenvalue weighted by molar-refractivity contribution is 6.03. The summed E-state index contributed by atoms with van der Waals surface area (Å²) in [6, 6.07) is 22.4. The fraction of sp³-hybridized carbons (Fsp3) is 0.0385. The van der Waals surface area contributed by atoms with Crippen LogP contribution in [-0.4, -0.2) is 37.8 Å². The minimum Gasteiger partial charge on any atom is -0.507 e. The molecule has 0 spiro atoms. The van der Waals surface area contributed by atoms with E-state index < -0.39 is 0 Å². The zero-order valence-corrected chi connectivity index (χ0v) is 18.7. The number of phenols is 2. The third-order valence-corrected chi connectivity index (χ3v) is 5.47. The van der Waals surface area contributed by atoms with Crippen molar-refractivity contribution in [3.8, 4) is 11.5 Å². The van der Waals surface area contributed by atoms with Gasteiger partial charge in [-0.15, -0.1) is 10.2 Å². The normalized spacial score (nSPS) is 11.6. The number of aromatic nitrogens is 3. The van der Waals surface area contributed by atoms with Crippen molar-refractivity contribution in [3.05, 3.63) is 89.6 Å². The SMILES string of the molecule is Cc1nnc(N/N=C/c2c(O)ccc3ccccc23)nc1N/N=C/c1c(O)ccc2ccccc12. The quantitative estimate of drug-likeness (QED) is 0.211. The zero-order chi connectivity index (χ0) is 24.2. The van der Waals surface area contributed by atoms with Crippen molar-refractivity contribution < 1.29 is 10.2 Å². The van der Waals surface area contributed by atoms with E-state index in [-0.39, 0.29) is 17.4 Å². The van der Waals surface area contributed by atoms with E-state index in [2.05, 4.69) is 36.2 Å². The van der Waals surface area contributed by atoms with Crippen LogP contribution < -0.4 is 10.9 Å². The van der Waals surface area contributed by atoms with Crippen molar-refractivity contribution in [1.82, 2.24) is 15.2 Å². The highest BCUT2D eigenvalue weighted by atomic mass is 16.3. The maximum atomic E-state index is 10.3. The van der Waals surface area contributed by atoms with Gasteiger partial charge in [-0.25, -0.2) is 5.43 Å². The number of aromatic hydroxyl groups is 2. The Morgan fingerprint density at radius 1 is 0.686 bits per heavy atom. The molecule has 0 aliphatic carbocycles. The van der Waals surface area contributed by atoms with Crippen molar-refractivity contribution >= 4 is 45.7 Å². The molecule has 0 unspecified atom stereocenters. The molecule has 1 aromatic heterocycles. The summed E-state index contributed by atoms with van der Waals surface area (Å²) in [5, 5.41) is 40.7. The molecule has 0 amide bonds. The number of hydrogen-bond donors (Lipinski definition) is 4. The maximum Gasteiger partial charge on any atom is 0.265 e. The first-order valence-electron chi connectivity index (χ1n) is 10.8. The van der Waals surface area contributed by atoms with Crippen molar-refractivity contribution in [2.45, 2.75) is 6.92 Å². The second-order valence-electron chi connectivity index (χ2n) is 7.75. The summed E-state index contributed by atoms with van der Waals surface area (Å²) in [6.45, 7) is 1.74. The topological polar surface area (TPSA) is 128 Å².